The number of rotatable bonds is 3. The first kappa shape index (κ1) is 16.5. The van der Waals surface area contributed by atoms with Crippen molar-refractivity contribution in [2.24, 2.45) is 5.92 Å². The van der Waals surface area contributed by atoms with Gasteiger partial charge < -0.3 is 5.11 Å². The van der Waals surface area contributed by atoms with Crippen molar-refractivity contribution < 1.29 is 18.3 Å². The van der Waals surface area contributed by atoms with E-state index in [1.54, 1.807) is 0 Å². The maximum Gasteiger partial charge on any atom is 0.336 e. The molecule has 2 rings (SSSR count). The molecule has 116 valence electrons. The van der Waals surface area contributed by atoms with Crippen molar-refractivity contribution in [2.45, 2.75) is 37.6 Å². The summed E-state index contributed by atoms with van der Waals surface area (Å²) in [5.41, 5.74) is -0.0474. The van der Waals surface area contributed by atoms with Crippen LogP contribution in [0.2, 0.25) is 0 Å². The van der Waals surface area contributed by atoms with Crippen LogP contribution in [0.1, 0.15) is 37.0 Å². The van der Waals surface area contributed by atoms with Crippen LogP contribution in [-0.2, 0) is 10.0 Å². The first-order valence-corrected chi connectivity index (χ1v) is 9.01. The third-order valence-corrected chi connectivity index (χ3v) is 6.50. The van der Waals surface area contributed by atoms with Crippen LogP contribution in [0.5, 0.6) is 0 Å². The minimum absolute atomic E-state index is 0.0315. The summed E-state index contributed by atoms with van der Waals surface area (Å²) in [5.74, 6) is -0.843. The van der Waals surface area contributed by atoms with E-state index >= 15 is 0 Å². The van der Waals surface area contributed by atoms with Gasteiger partial charge in [0.2, 0.25) is 10.0 Å². The average molecular weight is 376 g/mol. The molecule has 2 unspecified atom stereocenters. The lowest BCUT2D eigenvalue weighted by Crippen LogP contribution is -2.44. The van der Waals surface area contributed by atoms with Crippen LogP contribution in [0, 0.1) is 5.92 Å². The largest absolute Gasteiger partial charge is 0.478 e. The van der Waals surface area contributed by atoms with Gasteiger partial charge in [0.1, 0.15) is 0 Å². The van der Waals surface area contributed by atoms with Crippen molar-refractivity contribution in [3.63, 3.8) is 0 Å². The number of aromatic carboxylic acids is 1. The Balaban J connectivity index is 2.44. The summed E-state index contributed by atoms with van der Waals surface area (Å²) >= 11 is 3.13. The predicted octanol–water partition coefficient (Wildman–Crippen LogP) is 2.96. The second-order valence-corrected chi connectivity index (χ2v) is 8.30. The molecule has 0 amide bonds. The molecule has 1 heterocycles. The zero-order chi connectivity index (χ0) is 15.8. The Morgan fingerprint density at radius 2 is 2.00 bits per heavy atom. The van der Waals surface area contributed by atoms with Crippen LogP contribution in [0.25, 0.3) is 0 Å². The minimum atomic E-state index is -3.67. The summed E-state index contributed by atoms with van der Waals surface area (Å²) in [6.45, 7) is 4.39. The van der Waals surface area contributed by atoms with Gasteiger partial charge in [0, 0.05) is 17.1 Å². The highest BCUT2D eigenvalue weighted by Crippen LogP contribution is 2.29. The normalized spacial score (nSPS) is 24.0. The molecule has 1 saturated heterocycles. The number of carbonyl (C=O) groups is 1. The number of hydrogen-bond acceptors (Lipinski definition) is 3. The Kier molecular flexibility index (Phi) is 4.75. The lowest BCUT2D eigenvalue weighted by atomic mass is 9.97. The van der Waals surface area contributed by atoms with Gasteiger partial charge in [-0.3, -0.25) is 0 Å². The van der Waals surface area contributed by atoms with Crippen LogP contribution in [0.4, 0.5) is 0 Å². The number of hydrogen-bond donors (Lipinski definition) is 1. The molecule has 1 aromatic rings. The fourth-order valence-electron chi connectivity index (χ4n) is 2.55. The van der Waals surface area contributed by atoms with Crippen molar-refractivity contribution >= 4 is 31.9 Å². The molecule has 1 fully saturated rings. The Hall–Kier alpha value is -0.920. The Labute approximate surface area is 133 Å². The summed E-state index contributed by atoms with van der Waals surface area (Å²) in [6, 6.07) is 4.06. The van der Waals surface area contributed by atoms with Gasteiger partial charge in [-0.15, -0.1) is 0 Å². The van der Waals surface area contributed by atoms with Crippen molar-refractivity contribution in [2.75, 3.05) is 6.54 Å². The summed E-state index contributed by atoms with van der Waals surface area (Å²) in [5, 5.41) is 9.12. The zero-order valence-corrected chi connectivity index (χ0v) is 14.3. The molecule has 1 aliphatic rings. The minimum Gasteiger partial charge on any atom is -0.478 e. The number of benzene rings is 1. The van der Waals surface area contributed by atoms with Gasteiger partial charge in [0.25, 0.3) is 0 Å². The van der Waals surface area contributed by atoms with E-state index in [9.17, 15) is 13.2 Å². The number of carboxylic acid groups (broad SMARTS) is 1. The van der Waals surface area contributed by atoms with E-state index in [1.807, 2.05) is 13.8 Å². The Morgan fingerprint density at radius 3 is 2.62 bits per heavy atom. The number of halogens is 1. The third kappa shape index (κ3) is 3.30. The molecular weight excluding hydrogens is 358 g/mol. The molecule has 5 nitrogen and oxygen atoms in total. The standard InChI is InChI=1S/C14H18BrNO4S/c1-9-3-4-10(2)16(8-9)21(19,20)11-5-6-13(15)12(7-11)14(17)18/h5-7,9-10H,3-4,8H2,1-2H3,(H,17,18). The first-order valence-electron chi connectivity index (χ1n) is 6.78. The molecule has 21 heavy (non-hydrogen) atoms. The average Bonchev–Trinajstić information content (AvgIpc) is 2.41. The lowest BCUT2D eigenvalue weighted by Gasteiger charge is -2.35. The summed E-state index contributed by atoms with van der Waals surface area (Å²) in [4.78, 5) is 11.2. The number of carboxylic acids is 1. The van der Waals surface area contributed by atoms with Gasteiger partial charge in [-0.25, -0.2) is 13.2 Å². The molecule has 0 aliphatic carbocycles. The number of nitrogens with zero attached hydrogens (tertiary/aromatic N) is 1. The summed E-state index contributed by atoms with van der Waals surface area (Å²) in [6.07, 6.45) is 1.83. The third-order valence-electron chi connectivity index (χ3n) is 3.84. The van der Waals surface area contributed by atoms with E-state index in [4.69, 9.17) is 5.11 Å². The fourth-order valence-corrected chi connectivity index (χ4v) is 4.77. The SMILES string of the molecule is CC1CCC(C)N(S(=O)(=O)c2ccc(Br)c(C(=O)O)c2)C1. The fraction of sp³-hybridized carbons (Fsp3) is 0.500. The quantitative estimate of drug-likeness (QED) is 0.880. The molecule has 7 heteroatoms. The van der Waals surface area contributed by atoms with Crippen molar-refractivity contribution in [1.29, 1.82) is 0 Å². The van der Waals surface area contributed by atoms with Gasteiger partial charge >= 0.3 is 5.97 Å². The van der Waals surface area contributed by atoms with Crippen LogP contribution in [0.3, 0.4) is 0 Å². The molecular formula is C14H18BrNO4S. The van der Waals surface area contributed by atoms with Crippen molar-refractivity contribution in [3.05, 3.63) is 28.2 Å². The van der Waals surface area contributed by atoms with Crippen molar-refractivity contribution in [3.8, 4) is 0 Å². The second kappa shape index (κ2) is 6.06. The van der Waals surface area contributed by atoms with Gasteiger partial charge in [-0.05, 0) is 59.8 Å². The van der Waals surface area contributed by atoms with Gasteiger partial charge in [0.15, 0.2) is 0 Å². The van der Waals surface area contributed by atoms with Gasteiger partial charge in [-0.1, -0.05) is 6.92 Å². The molecule has 0 radical (unpaired) electrons. The molecule has 0 aromatic heterocycles. The lowest BCUT2D eigenvalue weighted by molar-refractivity contribution is 0.0695. The van der Waals surface area contributed by atoms with E-state index in [1.165, 1.54) is 22.5 Å². The number of piperidine rings is 1. The highest BCUT2D eigenvalue weighted by Gasteiger charge is 2.34. The number of sulfonamides is 1. The molecule has 0 bridgehead atoms. The first-order chi connectivity index (χ1) is 9.73. The maximum absolute atomic E-state index is 12.7. The predicted molar refractivity (Wildman–Crippen MR) is 82.9 cm³/mol. The van der Waals surface area contributed by atoms with Crippen LogP contribution < -0.4 is 0 Å². The molecule has 1 aliphatic heterocycles. The Morgan fingerprint density at radius 1 is 1.33 bits per heavy atom. The highest BCUT2D eigenvalue weighted by molar-refractivity contribution is 9.10. The van der Waals surface area contributed by atoms with Crippen LogP contribution in [0.15, 0.2) is 27.6 Å². The topological polar surface area (TPSA) is 74.7 Å². The smallest absolute Gasteiger partial charge is 0.336 e. The maximum atomic E-state index is 12.7. The van der Waals surface area contributed by atoms with E-state index in [0.29, 0.717) is 16.9 Å². The molecule has 1 N–H and O–H groups in total. The summed E-state index contributed by atoms with van der Waals surface area (Å²) in [7, 11) is -3.67. The molecule has 1 aromatic carbocycles. The summed E-state index contributed by atoms with van der Waals surface area (Å²) < 4.78 is 27.3. The van der Waals surface area contributed by atoms with Crippen LogP contribution in [-0.4, -0.2) is 36.4 Å². The zero-order valence-electron chi connectivity index (χ0n) is 11.9. The second-order valence-electron chi connectivity index (χ2n) is 5.55. The van der Waals surface area contributed by atoms with Crippen LogP contribution >= 0.6 is 15.9 Å². The van der Waals surface area contributed by atoms with E-state index in [-0.39, 0.29) is 16.5 Å². The monoisotopic (exact) mass is 375 g/mol. The van der Waals surface area contributed by atoms with Crippen molar-refractivity contribution in [1.82, 2.24) is 4.31 Å². The highest BCUT2D eigenvalue weighted by atomic mass is 79.9. The molecule has 0 saturated carbocycles. The van der Waals surface area contributed by atoms with E-state index in [2.05, 4.69) is 15.9 Å². The van der Waals surface area contributed by atoms with E-state index < -0.39 is 16.0 Å². The van der Waals surface area contributed by atoms with E-state index in [0.717, 1.165) is 12.8 Å². The van der Waals surface area contributed by atoms with Gasteiger partial charge in [-0.2, -0.15) is 4.31 Å². The molecule has 0 spiro atoms. The van der Waals surface area contributed by atoms with Gasteiger partial charge in [0.05, 0.1) is 10.5 Å². The molecule has 2 atom stereocenters. The Bertz CT molecular complexity index is 659.